The highest BCUT2D eigenvalue weighted by molar-refractivity contribution is 5.95. The second-order valence-electron chi connectivity index (χ2n) is 6.44. The summed E-state index contributed by atoms with van der Waals surface area (Å²) in [4.78, 5) is 26.5. The molecule has 0 spiro atoms. The van der Waals surface area contributed by atoms with Crippen molar-refractivity contribution in [3.63, 3.8) is 0 Å². The van der Waals surface area contributed by atoms with Crippen LogP contribution >= 0.6 is 0 Å². The molecule has 6 nitrogen and oxygen atoms in total. The van der Waals surface area contributed by atoms with Gasteiger partial charge in [0.1, 0.15) is 0 Å². The van der Waals surface area contributed by atoms with Crippen LogP contribution < -0.4 is 11.0 Å². The molecule has 0 unspecified atom stereocenters. The van der Waals surface area contributed by atoms with E-state index in [2.05, 4.69) is 10.2 Å². The first-order valence-electron chi connectivity index (χ1n) is 8.15. The van der Waals surface area contributed by atoms with Crippen molar-refractivity contribution in [3.05, 3.63) is 28.2 Å². The molecule has 0 bridgehead atoms. The van der Waals surface area contributed by atoms with Crippen molar-refractivity contribution >= 4 is 22.6 Å². The maximum absolute atomic E-state index is 12.3. The summed E-state index contributed by atoms with van der Waals surface area (Å²) in [6.07, 6.45) is 3.60. The Hall–Kier alpha value is -2.08. The van der Waals surface area contributed by atoms with Gasteiger partial charge in [0.05, 0.1) is 17.6 Å². The van der Waals surface area contributed by atoms with Gasteiger partial charge in [0.25, 0.3) is 0 Å². The molecule has 0 saturated carbocycles. The number of anilines is 1. The minimum Gasteiger partial charge on any atom is -0.325 e. The molecule has 124 valence electrons. The fourth-order valence-electron chi connectivity index (χ4n) is 3.29. The number of imidazole rings is 1. The Morgan fingerprint density at radius 1 is 1.09 bits per heavy atom. The molecule has 2 aromatic rings. The minimum absolute atomic E-state index is 0.00952. The third-order valence-corrected chi connectivity index (χ3v) is 4.71. The van der Waals surface area contributed by atoms with Crippen molar-refractivity contribution in [2.24, 2.45) is 14.1 Å². The minimum atomic E-state index is -0.0591. The van der Waals surface area contributed by atoms with Gasteiger partial charge < -0.3 is 5.32 Å². The van der Waals surface area contributed by atoms with Crippen molar-refractivity contribution in [1.29, 1.82) is 0 Å². The summed E-state index contributed by atoms with van der Waals surface area (Å²) in [5.41, 5.74) is 3.39. The summed E-state index contributed by atoms with van der Waals surface area (Å²) in [5.74, 6) is 0.00952. The molecule has 1 aromatic heterocycles. The van der Waals surface area contributed by atoms with Crippen molar-refractivity contribution < 1.29 is 4.79 Å². The summed E-state index contributed by atoms with van der Waals surface area (Å²) in [5, 5.41) is 3.00. The second-order valence-corrected chi connectivity index (χ2v) is 6.44. The number of hydrogen-bond donors (Lipinski definition) is 1. The molecular weight excluding hydrogens is 292 g/mol. The van der Waals surface area contributed by atoms with Gasteiger partial charge in [-0.3, -0.25) is 18.8 Å². The van der Waals surface area contributed by atoms with E-state index in [4.69, 9.17) is 0 Å². The number of likely N-dealkylation sites (tertiary alicyclic amines) is 1. The van der Waals surface area contributed by atoms with E-state index in [1.54, 1.807) is 23.2 Å². The Bertz CT molecular complexity index is 797. The lowest BCUT2D eigenvalue weighted by molar-refractivity contribution is -0.117. The first-order chi connectivity index (χ1) is 11.0. The average Bonchev–Trinajstić information content (AvgIpc) is 2.73. The molecule has 23 heavy (non-hydrogen) atoms. The van der Waals surface area contributed by atoms with Crippen LogP contribution in [0.2, 0.25) is 0 Å². The predicted octanol–water partition coefficient (Wildman–Crippen LogP) is 1.61. The molecule has 2 heterocycles. The van der Waals surface area contributed by atoms with Crippen LogP contribution in [0, 0.1) is 6.92 Å². The third-order valence-electron chi connectivity index (χ3n) is 4.71. The van der Waals surface area contributed by atoms with Crippen molar-refractivity contribution in [2.75, 3.05) is 25.0 Å². The van der Waals surface area contributed by atoms with E-state index in [1.807, 2.05) is 19.1 Å². The molecular formula is C17H24N4O2. The molecule has 1 amide bonds. The smallest absolute Gasteiger partial charge is 0.325 e. The van der Waals surface area contributed by atoms with E-state index in [0.29, 0.717) is 6.54 Å². The fourth-order valence-corrected chi connectivity index (χ4v) is 3.29. The van der Waals surface area contributed by atoms with Crippen molar-refractivity contribution in [3.8, 4) is 0 Å². The maximum atomic E-state index is 12.3. The number of aryl methyl sites for hydroxylation is 3. The lowest BCUT2D eigenvalue weighted by atomic mass is 10.1. The zero-order valence-corrected chi connectivity index (χ0v) is 14.1. The Morgan fingerprint density at radius 2 is 1.70 bits per heavy atom. The maximum Gasteiger partial charge on any atom is 0.328 e. The van der Waals surface area contributed by atoms with E-state index < -0.39 is 0 Å². The monoisotopic (exact) mass is 316 g/mol. The van der Waals surface area contributed by atoms with E-state index >= 15 is 0 Å². The van der Waals surface area contributed by atoms with Crippen LogP contribution in [0.5, 0.6) is 0 Å². The third kappa shape index (κ3) is 3.03. The number of nitrogens with one attached hydrogen (secondary N) is 1. The number of rotatable bonds is 3. The summed E-state index contributed by atoms with van der Waals surface area (Å²) < 4.78 is 3.23. The number of piperidine rings is 1. The first-order valence-corrected chi connectivity index (χ1v) is 8.15. The number of carbonyl (C=O) groups is 1. The second kappa shape index (κ2) is 6.20. The summed E-state index contributed by atoms with van der Waals surface area (Å²) in [6.45, 7) is 4.38. The lowest BCUT2D eigenvalue weighted by Gasteiger charge is -2.25. The molecule has 0 radical (unpaired) electrons. The topological polar surface area (TPSA) is 59.3 Å². The SMILES string of the molecule is Cc1cc2c(cc1NC(=O)CN1CCCCC1)n(C)c(=O)n2C. The molecule has 1 fully saturated rings. The van der Waals surface area contributed by atoms with Crippen LogP contribution in [0.15, 0.2) is 16.9 Å². The normalized spacial score (nSPS) is 16.0. The van der Waals surface area contributed by atoms with Gasteiger partial charge in [0.15, 0.2) is 0 Å². The predicted molar refractivity (Wildman–Crippen MR) is 91.8 cm³/mol. The zero-order chi connectivity index (χ0) is 16.6. The Labute approximate surface area is 135 Å². The highest BCUT2D eigenvalue weighted by Gasteiger charge is 2.16. The number of amides is 1. The van der Waals surface area contributed by atoms with E-state index in [1.165, 1.54) is 19.3 Å². The summed E-state index contributed by atoms with van der Waals surface area (Å²) >= 11 is 0. The number of hydrogen-bond acceptors (Lipinski definition) is 3. The van der Waals surface area contributed by atoms with Gasteiger partial charge in [-0.05, 0) is 50.6 Å². The number of benzene rings is 1. The Balaban J connectivity index is 1.82. The fraction of sp³-hybridized carbons (Fsp3) is 0.529. The lowest BCUT2D eigenvalue weighted by Crippen LogP contribution is -2.36. The van der Waals surface area contributed by atoms with Crippen LogP contribution in [0.25, 0.3) is 11.0 Å². The van der Waals surface area contributed by atoms with Crippen LogP contribution in [0.1, 0.15) is 24.8 Å². The largest absolute Gasteiger partial charge is 0.328 e. The van der Waals surface area contributed by atoms with Gasteiger partial charge in [-0.25, -0.2) is 4.79 Å². The van der Waals surface area contributed by atoms with Gasteiger partial charge >= 0.3 is 5.69 Å². The standard InChI is InChI=1S/C17H24N4O2/c1-12-9-14-15(20(3)17(23)19(14)2)10-13(12)18-16(22)11-21-7-5-4-6-8-21/h9-10H,4-8,11H2,1-3H3,(H,18,22). The van der Waals surface area contributed by atoms with Crippen LogP contribution in [0.4, 0.5) is 5.69 Å². The first kappa shape index (κ1) is 15.8. The Kier molecular flexibility index (Phi) is 4.26. The van der Waals surface area contributed by atoms with Crippen molar-refractivity contribution in [1.82, 2.24) is 14.0 Å². The van der Waals surface area contributed by atoms with E-state index in [0.717, 1.165) is 35.4 Å². The van der Waals surface area contributed by atoms with Crippen molar-refractivity contribution in [2.45, 2.75) is 26.2 Å². The van der Waals surface area contributed by atoms with Gasteiger partial charge in [-0.2, -0.15) is 0 Å². The molecule has 1 N–H and O–H groups in total. The van der Waals surface area contributed by atoms with Crippen LogP contribution in [-0.4, -0.2) is 39.6 Å². The number of carbonyl (C=O) groups excluding carboxylic acids is 1. The number of aromatic nitrogens is 2. The molecule has 1 saturated heterocycles. The molecule has 0 atom stereocenters. The van der Waals surface area contributed by atoms with Crippen LogP contribution in [0.3, 0.4) is 0 Å². The average molecular weight is 316 g/mol. The molecule has 1 aliphatic heterocycles. The van der Waals surface area contributed by atoms with Gasteiger partial charge in [-0.15, -0.1) is 0 Å². The quantitative estimate of drug-likeness (QED) is 0.936. The summed E-state index contributed by atoms with van der Waals surface area (Å²) in [7, 11) is 3.51. The van der Waals surface area contributed by atoms with Crippen LogP contribution in [-0.2, 0) is 18.9 Å². The van der Waals surface area contributed by atoms with Gasteiger partial charge in [0.2, 0.25) is 5.91 Å². The number of fused-ring (bicyclic) bond motifs is 1. The zero-order valence-electron chi connectivity index (χ0n) is 14.1. The van der Waals surface area contributed by atoms with E-state index in [-0.39, 0.29) is 11.6 Å². The van der Waals surface area contributed by atoms with E-state index in [9.17, 15) is 9.59 Å². The van der Waals surface area contributed by atoms with Gasteiger partial charge in [-0.1, -0.05) is 6.42 Å². The molecule has 1 aromatic carbocycles. The highest BCUT2D eigenvalue weighted by atomic mass is 16.2. The summed E-state index contributed by atoms with van der Waals surface area (Å²) in [6, 6.07) is 3.84. The molecule has 0 aliphatic carbocycles. The number of nitrogens with zero attached hydrogens (tertiary/aromatic N) is 3. The Morgan fingerprint density at radius 3 is 2.35 bits per heavy atom. The highest BCUT2D eigenvalue weighted by Crippen LogP contribution is 2.22. The molecule has 3 rings (SSSR count). The molecule has 1 aliphatic rings. The van der Waals surface area contributed by atoms with Gasteiger partial charge in [0, 0.05) is 19.8 Å². The molecule has 6 heteroatoms.